The van der Waals surface area contributed by atoms with Crippen LogP contribution in [0, 0.1) is 11.3 Å². The van der Waals surface area contributed by atoms with Gasteiger partial charge in [0, 0.05) is 13.6 Å². The molecule has 0 aliphatic rings. The Bertz CT molecular complexity index is 615. The molecule has 1 rings (SSSR count). The van der Waals surface area contributed by atoms with E-state index in [2.05, 4.69) is 0 Å². The molecule has 0 heterocycles. The minimum absolute atomic E-state index is 0.0109. The number of hydrogen-bond acceptors (Lipinski definition) is 4. The van der Waals surface area contributed by atoms with Crippen LogP contribution >= 0.6 is 11.6 Å². The van der Waals surface area contributed by atoms with Crippen LogP contribution in [0.2, 0.25) is 5.02 Å². The Balaban J connectivity index is 3.15. The first-order valence-corrected chi connectivity index (χ1v) is 7.28. The van der Waals surface area contributed by atoms with Gasteiger partial charge in [-0.25, -0.2) is 8.42 Å². The van der Waals surface area contributed by atoms with Crippen LogP contribution in [0.1, 0.15) is 19.4 Å². The molecule has 5 nitrogen and oxygen atoms in total. The maximum absolute atomic E-state index is 12.2. The molecule has 0 radical (unpaired) electrons. The van der Waals surface area contributed by atoms with Crippen molar-refractivity contribution < 1.29 is 13.5 Å². The van der Waals surface area contributed by atoms with Crippen LogP contribution in [0.5, 0.6) is 0 Å². The SMILES string of the molecule is CN(CC(C)(C)O)S(=O)(=O)c1ccc(C#N)c(Cl)c1. The fourth-order valence-electron chi connectivity index (χ4n) is 1.56. The highest BCUT2D eigenvalue weighted by Crippen LogP contribution is 2.23. The molecule has 1 N–H and O–H groups in total. The van der Waals surface area contributed by atoms with Gasteiger partial charge in [0.25, 0.3) is 0 Å². The Labute approximate surface area is 118 Å². The molecule has 0 aliphatic heterocycles. The van der Waals surface area contributed by atoms with Gasteiger partial charge in [0.1, 0.15) is 6.07 Å². The van der Waals surface area contributed by atoms with Crippen LogP contribution in [-0.4, -0.2) is 37.0 Å². The van der Waals surface area contributed by atoms with Crippen molar-refractivity contribution >= 4 is 21.6 Å². The van der Waals surface area contributed by atoms with Crippen molar-refractivity contribution in [1.29, 1.82) is 5.26 Å². The van der Waals surface area contributed by atoms with E-state index in [9.17, 15) is 13.5 Å². The summed E-state index contributed by atoms with van der Waals surface area (Å²) in [6, 6.07) is 5.77. The molecule has 1 aromatic rings. The number of halogens is 1. The average Bonchev–Trinajstić information content (AvgIpc) is 2.26. The van der Waals surface area contributed by atoms with Crippen molar-refractivity contribution in [2.24, 2.45) is 0 Å². The van der Waals surface area contributed by atoms with Crippen LogP contribution in [0.3, 0.4) is 0 Å². The van der Waals surface area contributed by atoms with Gasteiger partial charge < -0.3 is 5.11 Å². The van der Waals surface area contributed by atoms with Crippen molar-refractivity contribution in [3.63, 3.8) is 0 Å². The zero-order valence-corrected chi connectivity index (χ0v) is 12.5. The smallest absolute Gasteiger partial charge is 0.242 e. The predicted octanol–water partition coefficient (Wildman–Crippen LogP) is 1.60. The monoisotopic (exact) mass is 302 g/mol. The van der Waals surface area contributed by atoms with Crippen LogP contribution in [0.25, 0.3) is 0 Å². The molecule has 104 valence electrons. The number of benzene rings is 1. The van der Waals surface area contributed by atoms with E-state index < -0.39 is 15.6 Å². The summed E-state index contributed by atoms with van der Waals surface area (Å²) in [5, 5.41) is 18.5. The summed E-state index contributed by atoms with van der Waals surface area (Å²) in [6.07, 6.45) is 0. The van der Waals surface area contributed by atoms with E-state index in [1.54, 1.807) is 0 Å². The minimum atomic E-state index is -3.74. The molecular weight excluding hydrogens is 288 g/mol. The van der Waals surface area contributed by atoms with E-state index in [1.807, 2.05) is 6.07 Å². The maximum Gasteiger partial charge on any atom is 0.242 e. The highest BCUT2D eigenvalue weighted by Gasteiger charge is 2.26. The lowest BCUT2D eigenvalue weighted by Crippen LogP contribution is -2.39. The molecule has 0 saturated carbocycles. The first-order chi connectivity index (χ1) is 8.58. The first kappa shape index (κ1) is 15.9. The van der Waals surface area contributed by atoms with Crippen LogP contribution in [-0.2, 0) is 10.0 Å². The van der Waals surface area contributed by atoms with E-state index in [1.165, 1.54) is 39.1 Å². The number of sulfonamides is 1. The molecular formula is C12H15ClN2O3S. The molecule has 0 aromatic heterocycles. The molecule has 0 bridgehead atoms. The molecule has 0 aliphatic carbocycles. The second-order valence-electron chi connectivity index (χ2n) is 4.83. The summed E-state index contributed by atoms with van der Waals surface area (Å²) in [7, 11) is -2.37. The van der Waals surface area contributed by atoms with E-state index >= 15 is 0 Å². The molecule has 0 unspecified atom stereocenters. The molecule has 7 heteroatoms. The van der Waals surface area contributed by atoms with Gasteiger partial charge in [-0.2, -0.15) is 9.57 Å². The van der Waals surface area contributed by atoms with Crippen molar-refractivity contribution in [3.05, 3.63) is 28.8 Å². The molecule has 0 amide bonds. The number of nitrogens with zero attached hydrogens (tertiary/aromatic N) is 2. The molecule has 19 heavy (non-hydrogen) atoms. The Morgan fingerprint density at radius 3 is 2.47 bits per heavy atom. The number of aliphatic hydroxyl groups is 1. The number of likely N-dealkylation sites (N-methyl/N-ethyl adjacent to an activating group) is 1. The van der Waals surface area contributed by atoms with Crippen LogP contribution in [0.15, 0.2) is 23.1 Å². The van der Waals surface area contributed by atoms with E-state index in [-0.39, 0.29) is 22.0 Å². The first-order valence-electron chi connectivity index (χ1n) is 5.46. The Morgan fingerprint density at radius 2 is 2.05 bits per heavy atom. The lowest BCUT2D eigenvalue weighted by Gasteiger charge is -2.25. The highest BCUT2D eigenvalue weighted by atomic mass is 35.5. The summed E-state index contributed by atoms with van der Waals surface area (Å²) in [6.45, 7) is 2.99. The molecule has 0 spiro atoms. The zero-order chi connectivity index (χ0) is 14.8. The quantitative estimate of drug-likeness (QED) is 0.916. The van der Waals surface area contributed by atoms with E-state index in [0.29, 0.717) is 0 Å². The largest absolute Gasteiger partial charge is 0.389 e. The van der Waals surface area contributed by atoms with Crippen molar-refractivity contribution in [2.45, 2.75) is 24.3 Å². The second-order valence-corrected chi connectivity index (χ2v) is 7.28. The van der Waals surface area contributed by atoms with Gasteiger partial charge in [0.15, 0.2) is 0 Å². The summed E-state index contributed by atoms with van der Waals surface area (Å²) in [5.41, 5.74) is -0.927. The normalized spacial score (nSPS) is 12.5. The summed E-state index contributed by atoms with van der Waals surface area (Å²) < 4.78 is 25.5. The fraction of sp³-hybridized carbons (Fsp3) is 0.417. The van der Waals surface area contributed by atoms with E-state index in [0.717, 1.165) is 4.31 Å². The minimum Gasteiger partial charge on any atom is -0.389 e. The third-order valence-corrected chi connectivity index (χ3v) is 4.49. The van der Waals surface area contributed by atoms with Crippen molar-refractivity contribution in [2.75, 3.05) is 13.6 Å². The van der Waals surface area contributed by atoms with E-state index in [4.69, 9.17) is 16.9 Å². The van der Waals surface area contributed by atoms with Gasteiger partial charge in [-0.05, 0) is 32.0 Å². The number of hydrogen-bond donors (Lipinski definition) is 1. The zero-order valence-electron chi connectivity index (χ0n) is 10.9. The van der Waals surface area contributed by atoms with Gasteiger partial charge in [-0.1, -0.05) is 11.6 Å². The van der Waals surface area contributed by atoms with Gasteiger partial charge in [0.05, 0.1) is 21.1 Å². The third-order valence-electron chi connectivity index (χ3n) is 2.38. The molecule has 0 atom stereocenters. The Morgan fingerprint density at radius 1 is 1.47 bits per heavy atom. The lowest BCUT2D eigenvalue weighted by molar-refractivity contribution is 0.0640. The molecule has 1 aromatic carbocycles. The Hall–Kier alpha value is -1.13. The average molecular weight is 303 g/mol. The van der Waals surface area contributed by atoms with Gasteiger partial charge in [-0.15, -0.1) is 0 Å². The number of rotatable bonds is 4. The second kappa shape index (κ2) is 5.47. The number of nitriles is 1. The Kier molecular flexibility index (Phi) is 4.59. The van der Waals surface area contributed by atoms with Crippen molar-refractivity contribution in [3.8, 4) is 6.07 Å². The third kappa shape index (κ3) is 3.91. The standard InChI is InChI=1S/C12H15ClN2O3S/c1-12(2,16)8-15(3)19(17,18)10-5-4-9(7-14)11(13)6-10/h4-6,16H,8H2,1-3H3. The van der Waals surface area contributed by atoms with Crippen LogP contribution in [0.4, 0.5) is 0 Å². The fourth-order valence-corrected chi connectivity index (χ4v) is 3.20. The van der Waals surface area contributed by atoms with Gasteiger partial charge in [0.2, 0.25) is 10.0 Å². The topological polar surface area (TPSA) is 81.4 Å². The molecule has 0 fully saturated rings. The van der Waals surface area contributed by atoms with Crippen molar-refractivity contribution in [1.82, 2.24) is 4.31 Å². The lowest BCUT2D eigenvalue weighted by atomic mass is 10.1. The van der Waals surface area contributed by atoms with Gasteiger partial charge in [-0.3, -0.25) is 0 Å². The van der Waals surface area contributed by atoms with Crippen LogP contribution < -0.4 is 0 Å². The predicted molar refractivity (Wildman–Crippen MR) is 72.3 cm³/mol. The summed E-state index contributed by atoms with van der Waals surface area (Å²) in [4.78, 5) is -0.0109. The summed E-state index contributed by atoms with van der Waals surface area (Å²) in [5.74, 6) is 0. The highest BCUT2D eigenvalue weighted by molar-refractivity contribution is 7.89. The maximum atomic E-state index is 12.2. The molecule has 0 saturated heterocycles. The summed E-state index contributed by atoms with van der Waals surface area (Å²) >= 11 is 5.82. The van der Waals surface area contributed by atoms with Gasteiger partial charge >= 0.3 is 0 Å².